The third-order valence-electron chi connectivity index (χ3n) is 8.33. The number of fused-ring (bicyclic) bond motifs is 1. The standard InChI is InChI=1S/C29H38N2O2/c1-21-10-11-24(16-22(21)2)17-28(32)25-12-15-31(18-23-8-4-3-5-9-23)27-20-33-19-26(29(25)27)30-13-6-7-14-30/h3-5,8-11,16,25-27,29H,6-7,12-15,17-20H2,1-2H3/t25?,26-,27+,29+/m0/s1. The van der Waals surface area contributed by atoms with Crippen molar-refractivity contribution in [2.45, 2.75) is 58.2 Å². The van der Waals surface area contributed by atoms with E-state index in [0.29, 0.717) is 30.2 Å². The Morgan fingerprint density at radius 1 is 0.909 bits per heavy atom. The first-order valence-corrected chi connectivity index (χ1v) is 12.8. The maximum Gasteiger partial charge on any atom is 0.140 e. The number of benzene rings is 2. The second-order valence-electron chi connectivity index (χ2n) is 10.4. The summed E-state index contributed by atoms with van der Waals surface area (Å²) in [4.78, 5) is 19.0. The van der Waals surface area contributed by atoms with Crippen molar-refractivity contribution < 1.29 is 9.53 Å². The van der Waals surface area contributed by atoms with E-state index in [1.165, 1.54) is 29.5 Å². The van der Waals surface area contributed by atoms with Crippen LogP contribution in [0.1, 0.15) is 41.5 Å². The van der Waals surface area contributed by atoms with Crippen LogP contribution in [0.3, 0.4) is 0 Å². The van der Waals surface area contributed by atoms with E-state index in [-0.39, 0.29) is 5.92 Å². The van der Waals surface area contributed by atoms with E-state index in [9.17, 15) is 4.79 Å². The number of rotatable bonds is 6. The number of hydrogen-bond donors (Lipinski definition) is 0. The monoisotopic (exact) mass is 446 g/mol. The first-order chi connectivity index (χ1) is 16.1. The SMILES string of the molecule is Cc1ccc(CC(=O)C2CCN(Cc3ccccc3)[C@@H]3COC[C@H](N4CCCC4)[C@@H]23)cc1C. The highest BCUT2D eigenvalue weighted by Crippen LogP contribution is 2.39. The van der Waals surface area contributed by atoms with Crippen molar-refractivity contribution in [3.8, 4) is 0 Å². The fourth-order valence-corrected chi connectivity index (χ4v) is 6.39. The summed E-state index contributed by atoms with van der Waals surface area (Å²) in [6.45, 7) is 10.00. The molecule has 4 nitrogen and oxygen atoms in total. The molecule has 0 saturated carbocycles. The number of piperidine rings is 1. The van der Waals surface area contributed by atoms with Gasteiger partial charge >= 0.3 is 0 Å². The molecule has 2 aromatic carbocycles. The second-order valence-corrected chi connectivity index (χ2v) is 10.4. The molecule has 0 aliphatic carbocycles. The molecule has 0 spiro atoms. The van der Waals surface area contributed by atoms with Gasteiger partial charge in [-0.15, -0.1) is 0 Å². The van der Waals surface area contributed by atoms with E-state index in [1.54, 1.807) is 0 Å². The predicted octanol–water partition coefficient (Wildman–Crippen LogP) is 4.42. The Morgan fingerprint density at radius 2 is 1.67 bits per heavy atom. The van der Waals surface area contributed by atoms with Crippen LogP contribution in [0.5, 0.6) is 0 Å². The van der Waals surface area contributed by atoms with Crippen molar-refractivity contribution in [2.75, 3.05) is 32.8 Å². The topological polar surface area (TPSA) is 32.8 Å². The summed E-state index contributed by atoms with van der Waals surface area (Å²) in [5.41, 5.74) is 5.08. The van der Waals surface area contributed by atoms with Gasteiger partial charge in [-0.25, -0.2) is 0 Å². The van der Waals surface area contributed by atoms with Crippen LogP contribution in [0, 0.1) is 25.7 Å². The number of aryl methyl sites for hydroxylation is 2. The Bertz CT molecular complexity index is 953. The van der Waals surface area contributed by atoms with Gasteiger partial charge in [-0.3, -0.25) is 14.6 Å². The first kappa shape index (κ1) is 22.8. The number of hydrogen-bond acceptors (Lipinski definition) is 4. The highest BCUT2D eigenvalue weighted by Gasteiger charge is 2.49. The molecule has 2 aromatic rings. The van der Waals surface area contributed by atoms with Crippen LogP contribution < -0.4 is 0 Å². The summed E-state index contributed by atoms with van der Waals surface area (Å²) in [6, 6.07) is 17.9. The smallest absolute Gasteiger partial charge is 0.140 e. The molecular formula is C29H38N2O2. The third kappa shape index (κ3) is 4.94. The Morgan fingerprint density at radius 3 is 2.42 bits per heavy atom. The minimum Gasteiger partial charge on any atom is -0.378 e. The lowest BCUT2D eigenvalue weighted by Gasteiger charge is -2.52. The number of nitrogens with zero attached hydrogens (tertiary/aromatic N) is 2. The van der Waals surface area contributed by atoms with E-state index >= 15 is 0 Å². The van der Waals surface area contributed by atoms with Crippen molar-refractivity contribution in [1.29, 1.82) is 0 Å². The van der Waals surface area contributed by atoms with Crippen molar-refractivity contribution in [2.24, 2.45) is 11.8 Å². The van der Waals surface area contributed by atoms with E-state index < -0.39 is 0 Å². The molecule has 3 saturated heterocycles. The lowest BCUT2D eigenvalue weighted by molar-refractivity contribution is -0.141. The lowest BCUT2D eigenvalue weighted by atomic mass is 9.71. The summed E-state index contributed by atoms with van der Waals surface area (Å²) in [5, 5.41) is 0. The van der Waals surface area contributed by atoms with Crippen molar-refractivity contribution >= 4 is 5.78 Å². The summed E-state index contributed by atoms with van der Waals surface area (Å²) in [7, 11) is 0. The maximum atomic E-state index is 13.8. The van der Waals surface area contributed by atoms with Gasteiger partial charge in [0.1, 0.15) is 5.78 Å². The molecule has 0 N–H and O–H groups in total. The number of ketones is 1. The van der Waals surface area contributed by atoms with Crippen LogP contribution in [-0.4, -0.2) is 60.5 Å². The van der Waals surface area contributed by atoms with E-state index in [0.717, 1.165) is 51.4 Å². The fourth-order valence-electron chi connectivity index (χ4n) is 6.39. The first-order valence-electron chi connectivity index (χ1n) is 12.8. The van der Waals surface area contributed by atoms with Gasteiger partial charge in [-0.05, 0) is 75.0 Å². The quantitative estimate of drug-likeness (QED) is 0.658. The zero-order valence-corrected chi connectivity index (χ0v) is 20.2. The molecule has 4 heteroatoms. The number of carbonyl (C=O) groups is 1. The largest absolute Gasteiger partial charge is 0.378 e. The van der Waals surface area contributed by atoms with E-state index in [4.69, 9.17) is 4.74 Å². The van der Waals surface area contributed by atoms with Gasteiger partial charge in [0, 0.05) is 36.9 Å². The normalized spacial score (nSPS) is 28.5. The molecule has 0 amide bonds. The Hall–Kier alpha value is -2.01. The molecule has 0 bridgehead atoms. The summed E-state index contributed by atoms with van der Waals surface area (Å²) in [6.07, 6.45) is 4.05. The molecule has 176 valence electrons. The zero-order chi connectivity index (χ0) is 22.8. The van der Waals surface area contributed by atoms with E-state index in [2.05, 4.69) is 72.2 Å². The van der Waals surface area contributed by atoms with E-state index in [1.807, 2.05) is 0 Å². The van der Waals surface area contributed by atoms with Gasteiger partial charge in [-0.1, -0.05) is 48.5 Å². The van der Waals surface area contributed by atoms with Gasteiger partial charge in [0.25, 0.3) is 0 Å². The minimum atomic E-state index is 0.123. The molecule has 0 aromatic heterocycles. The second kappa shape index (κ2) is 10.1. The van der Waals surface area contributed by atoms with Gasteiger partial charge in [0.2, 0.25) is 0 Å². The van der Waals surface area contributed by atoms with Crippen LogP contribution in [0.4, 0.5) is 0 Å². The molecule has 33 heavy (non-hydrogen) atoms. The number of likely N-dealkylation sites (tertiary alicyclic amines) is 2. The zero-order valence-electron chi connectivity index (χ0n) is 20.2. The molecule has 3 aliphatic rings. The lowest BCUT2D eigenvalue weighted by Crippen LogP contribution is -2.63. The van der Waals surface area contributed by atoms with Crippen LogP contribution in [0.2, 0.25) is 0 Å². The van der Waals surface area contributed by atoms with Crippen LogP contribution in [0.25, 0.3) is 0 Å². The molecule has 0 radical (unpaired) electrons. The molecule has 3 fully saturated rings. The molecular weight excluding hydrogens is 408 g/mol. The molecule has 4 atom stereocenters. The predicted molar refractivity (Wildman–Crippen MR) is 132 cm³/mol. The Labute approximate surface area is 198 Å². The molecule has 5 rings (SSSR count). The average molecular weight is 447 g/mol. The van der Waals surface area contributed by atoms with Crippen LogP contribution in [0.15, 0.2) is 48.5 Å². The highest BCUT2D eigenvalue weighted by molar-refractivity contribution is 5.84. The van der Waals surface area contributed by atoms with Gasteiger partial charge in [-0.2, -0.15) is 0 Å². The third-order valence-corrected chi connectivity index (χ3v) is 8.33. The minimum absolute atomic E-state index is 0.123. The summed E-state index contributed by atoms with van der Waals surface area (Å²) >= 11 is 0. The summed E-state index contributed by atoms with van der Waals surface area (Å²) in [5.74, 6) is 0.908. The molecule has 3 aliphatic heterocycles. The number of carbonyl (C=O) groups excluding carboxylic acids is 1. The van der Waals surface area contributed by atoms with Crippen molar-refractivity contribution in [3.05, 3.63) is 70.8 Å². The Balaban J connectivity index is 1.39. The van der Waals surface area contributed by atoms with Crippen molar-refractivity contribution in [3.63, 3.8) is 0 Å². The fraction of sp³-hybridized carbons (Fsp3) is 0.552. The molecule has 1 unspecified atom stereocenters. The Kier molecular flexibility index (Phi) is 6.96. The van der Waals surface area contributed by atoms with Gasteiger partial charge in [0.05, 0.1) is 13.2 Å². The van der Waals surface area contributed by atoms with Crippen LogP contribution >= 0.6 is 0 Å². The molecule has 3 heterocycles. The number of ether oxygens (including phenoxy) is 1. The highest BCUT2D eigenvalue weighted by atomic mass is 16.5. The van der Waals surface area contributed by atoms with Gasteiger partial charge < -0.3 is 4.74 Å². The summed E-state index contributed by atoms with van der Waals surface area (Å²) < 4.78 is 6.21. The average Bonchev–Trinajstić information content (AvgIpc) is 3.37. The van der Waals surface area contributed by atoms with Crippen LogP contribution in [-0.2, 0) is 22.5 Å². The van der Waals surface area contributed by atoms with Gasteiger partial charge in [0.15, 0.2) is 0 Å². The number of Topliss-reactive ketones (excluding diaryl/α,β-unsaturated/α-hetero) is 1. The maximum absolute atomic E-state index is 13.8. The van der Waals surface area contributed by atoms with Crippen molar-refractivity contribution in [1.82, 2.24) is 9.80 Å².